The molecule has 0 unspecified atom stereocenters. The van der Waals surface area contributed by atoms with Gasteiger partial charge in [-0.1, -0.05) is 78.5 Å². The normalized spacial score (nSPS) is 11.5. The Bertz CT molecular complexity index is 588. The van der Waals surface area contributed by atoms with E-state index >= 15 is 0 Å². The van der Waals surface area contributed by atoms with Gasteiger partial charge in [0, 0.05) is 0 Å². The SMILES string of the molecule is CCCCCCCOC(=O)C(CC)(CC)C(=O)Oc1ccccc1C(C)C. The lowest BCUT2D eigenvalue weighted by Gasteiger charge is -2.27. The zero-order valence-electron chi connectivity index (χ0n) is 17.7. The molecule has 0 amide bonds. The molecule has 0 spiro atoms. The first kappa shape index (κ1) is 23.2. The molecular weight excluding hydrogens is 340 g/mol. The molecule has 0 N–H and O–H groups in total. The van der Waals surface area contributed by atoms with Gasteiger partial charge in [-0.2, -0.15) is 0 Å². The molecule has 0 aliphatic heterocycles. The van der Waals surface area contributed by atoms with E-state index < -0.39 is 17.4 Å². The minimum absolute atomic E-state index is 0.224. The van der Waals surface area contributed by atoms with Gasteiger partial charge < -0.3 is 9.47 Å². The van der Waals surface area contributed by atoms with Crippen LogP contribution in [0.1, 0.15) is 91.0 Å². The van der Waals surface area contributed by atoms with Crippen LogP contribution >= 0.6 is 0 Å². The molecule has 4 nitrogen and oxygen atoms in total. The van der Waals surface area contributed by atoms with E-state index in [0.29, 0.717) is 25.2 Å². The molecule has 0 aromatic heterocycles. The Morgan fingerprint density at radius 2 is 1.56 bits per heavy atom. The zero-order valence-corrected chi connectivity index (χ0v) is 17.7. The lowest BCUT2D eigenvalue weighted by molar-refractivity contribution is -0.168. The van der Waals surface area contributed by atoms with E-state index in [9.17, 15) is 9.59 Å². The molecule has 1 aromatic carbocycles. The van der Waals surface area contributed by atoms with Gasteiger partial charge in [-0.15, -0.1) is 0 Å². The summed E-state index contributed by atoms with van der Waals surface area (Å²) >= 11 is 0. The third-order valence-electron chi connectivity index (χ3n) is 5.21. The quantitative estimate of drug-likeness (QED) is 0.193. The molecule has 0 saturated heterocycles. The average Bonchev–Trinajstić information content (AvgIpc) is 2.66. The second-order valence-corrected chi connectivity index (χ2v) is 7.42. The van der Waals surface area contributed by atoms with Gasteiger partial charge >= 0.3 is 11.9 Å². The van der Waals surface area contributed by atoms with Crippen molar-refractivity contribution < 1.29 is 19.1 Å². The van der Waals surface area contributed by atoms with Crippen molar-refractivity contribution in [3.05, 3.63) is 29.8 Å². The van der Waals surface area contributed by atoms with Crippen molar-refractivity contribution in [2.45, 2.75) is 85.5 Å². The topological polar surface area (TPSA) is 52.6 Å². The van der Waals surface area contributed by atoms with Gasteiger partial charge in [0.15, 0.2) is 5.41 Å². The first-order valence-corrected chi connectivity index (χ1v) is 10.4. The number of hydrogen-bond donors (Lipinski definition) is 0. The maximum absolute atomic E-state index is 13.0. The molecule has 0 aliphatic carbocycles. The summed E-state index contributed by atoms with van der Waals surface area (Å²) in [6.07, 6.45) is 6.12. The van der Waals surface area contributed by atoms with E-state index in [1.165, 1.54) is 12.8 Å². The Labute approximate surface area is 164 Å². The lowest BCUT2D eigenvalue weighted by Crippen LogP contribution is -2.42. The number of rotatable bonds is 12. The van der Waals surface area contributed by atoms with Crippen molar-refractivity contribution in [1.82, 2.24) is 0 Å². The van der Waals surface area contributed by atoms with Crippen LogP contribution in [0.15, 0.2) is 24.3 Å². The van der Waals surface area contributed by atoms with Crippen molar-refractivity contribution in [1.29, 1.82) is 0 Å². The van der Waals surface area contributed by atoms with E-state index in [1.807, 2.05) is 45.9 Å². The van der Waals surface area contributed by atoms with E-state index in [0.717, 1.165) is 24.8 Å². The second-order valence-electron chi connectivity index (χ2n) is 7.42. The molecular formula is C23H36O4. The number of ether oxygens (including phenoxy) is 2. The summed E-state index contributed by atoms with van der Waals surface area (Å²) < 4.78 is 11.2. The molecule has 1 rings (SSSR count). The predicted octanol–water partition coefficient (Wildman–Crippen LogP) is 6.04. The first-order valence-electron chi connectivity index (χ1n) is 10.4. The van der Waals surface area contributed by atoms with Crippen LogP contribution in [0.3, 0.4) is 0 Å². The highest BCUT2D eigenvalue weighted by atomic mass is 16.6. The van der Waals surface area contributed by atoms with Crippen molar-refractivity contribution in [2.24, 2.45) is 5.41 Å². The number of esters is 2. The van der Waals surface area contributed by atoms with Gasteiger partial charge in [0.1, 0.15) is 5.75 Å². The minimum atomic E-state index is -1.24. The van der Waals surface area contributed by atoms with Gasteiger partial charge in [0.2, 0.25) is 0 Å². The highest BCUT2D eigenvalue weighted by Gasteiger charge is 2.46. The molecule has 27 heavy (non-hydrogen) atoms. The van der Waals surface area contributed by atoms with Crippen LogP contribution < -0.4 is 4.74 Å². The Balaban J connectivity index is 2.80. The molecule has 0 aliphatic rings. The van der Waals surface area contributed by atoms with Crippen molar-refractivity contribution in [3.63, 3.8) is 0 Å². The molecule has 0 heterocycles. The van der Waals surface area contributed by atoms with E-state index in [1.54, 1.807) is 6.07 Å². The van der Waals surface area contributed by atoms with Gasteiger partial charge in [0.05, 0.1) is 6.61 Å². The minimum Gasteiger partial charge on any atom is -0.465 e. The average molecular weight is 377 g/mol. The zero-order chi connectivity index (χ0) is 20.3. The summed E-state index contributed by atoms with van der Waals surface area (Å²) in [5, 5.41) is 0. The van der Waals surface area contributed by atoms with Gasteiger partial charge in [-0.3, -0.25) is 9.59 Å². The van der Waals surface area contributed by atoms with Crippen LogP contribution in [-0.4, -0.2) is 18.5 Å². The fraction of sp³-hybridized carbons (Fsp3) is 0.652. The summed E-state index contributed by atoms with van der Waals surface area (Å²) in [7, 11) is 0. The Morgan fingerprint density at radius 1 is 0.926 bits per heavy atom. The molecule has 0 saturated carbocycles. The maximum atomic E-state index is 13.0. The van der Waals surface area contributed by atoms with E-state index in [4.69, 9.17) is 9.47 Å². The van der Waals surface area contributed by atoms with Crippen LogP contribution in [-0.2, 0) is 14.3 Å². The molecule has 0 fully saturated rings. The maximum Gasteiger partial charge on any atom is 0.328 e. The molecule has 0 radical (unpaired) electrons. The number of unbranched alkanes of at least 4 members (excludes halogenated alkanes) is 4. The molecule has 152 valence electrons. The summed E-state index contributed by atoms with van der Waals surface area (Å²) in [6.45, 7) is 10.3. The highest BCUT2D eigenvalue weighted by Crippen LogP contribution is 2.33. The van der Waals surface area contributed by atoms with Crippen molar-refractivity contribution >= 4 is 11.9 Å². The predicted molar refractivity (Wildman–Crippen MR) is 109 cm³/mol. The third kappa shape index (κ3) is 6.37. The van der Waals surface area contributed by atoms with E-state index in [2.05, 4.69) is 6.92 Å². The molecule has 1 aromatic rings. The molecule has 4 heteroatoms. The van der Waals surface area contributed by atoms with Gasteiger partial charge in [-0.25, -0.2) is 0 Å². The Hall–Kier alpha value is -1.84. The smallest absolute Gasteiger partial charge is 0.328 e. The third-order valence-corrected chi connectivity index (χ3v) is 5.21. The van der Waals surface area contributed by atoms with Gasteiger partial charge in [0.25, 0.3) is 0 Å². The Morgan fingerprint density at radius 3 is 2.15 bits per heavy atom. The number of carbonyl (C=O) groups is 2. The molecule has 0 bridgehead atoms. The van der Waals surface area contributed by atoms with Crippen LogP contribution in [0, 0.1) is 5.41 Å². The van der Waals surface area contributed by atoms with Gasteiger partial charge in [-0.05, 0) is 36.8 Å². The van der Waals surface area contributed by atoms with Crippen LogP contribution in [0.25, 0.3) is 0 Å². The number of benzene rings is 1. The summed E-state index contributed by atoms with van der Waals surface area (Å²) in [5.41, 5.74) is -0.288. The lowest BCUT2D eigenvalue weighted by atomic mass is 9.82. The van der Waals surface area contributed by atoms with Crippen LogP contribution in [0.5, 0.6) is 5.75 Å². The first-order chi connectivity index (χ1) is 12.9. The number of hydrogen-bond acceptors (Lipinski definition) is 4. The summed E-state index contributed by atoms with van der Waals surface area (Å²) in [6, 6.07) is 7.49. The monoisotopic (exact) mass is 376 g/mol. The van der Waals surface area contributed by atoms with Crippen molar-refractivity contribution in [3.8, 4) is 5.75 Å². The summed E-state index contributed by atoms with van der Waals surface area (Å²) in [4.78, 5) is 25.7. The standard InChI is InChI=1S/C23H36O4/c1-6-9-10-11-14-17-26-21(24)23(7-2,8-3)22(25)27-20-16-13-12-15-19(20)18(4)5/h12-13,15-16,18H,6-11,14,17H2,1-5H3. The van der Waals surface area contributed by atoms with Crippen LogP contribution in [0.4, 0.5) is 0 Å². The summed E-state index contributed by atoms with van der Waals surface area (Å²) in [5.74, 6) is -0.232. The van der Waals surface area contributed by atoms with Crippen molar-refractivity contribution in [2.75, 3.05) is 6.61 Å². The highest BCUT2D eigenvalue weighted by molar-refractivity contribution is 6.00. The second kappa shape index (κ2) is 11.8. The van der Waals surface area contributed by atoms with Crippen LogP contribution in [0.2, 0.25) is 0 Å². The number of carbonyl (C=O) groups excluding carboxylic acids is 2. The number of para-hydroxylation sites is 1. The van der Waals surface area contributed by atoms with E-state index in [-0.39, 0.29) is 5.92 Å². The molecule has 0 atom stereocenters. The largest absolute Gasteiger partial charge is 0.465 e. The fourth-order valence-corrected chi connectivity index (χ4v) is 3.17. The fourth-order valence-electron chi connectivity index (χ4n) is 3.17. The Kier molecular flexibility index (Phi) is 10.1.